The van der Waals surface area contributed by atoms with Crippen LogP contribution in [0.1, 0.15) is 47.9 Å². The second-order valence-electron chi connectivity index (χ2n) is 6.61. The topological polar surface area (TPSA) is 45.1 Å². The third kappa shape index (κ3) is 3.57. The van der Waals surface area contributed by atoms with Gasteiger partial charge in [-0.25, -0.2) is 0 Å². The van der Waals surface area contributed by atoms with Gasteiger partial charge in [0.1, 0.15) is 11.5 Å². The Labute approximate surface area is 158 Å². The predicted molar refractivity (Wildman–Crippen MR) is 109 cm³/mol. The van der Waals surface area contributed by atoms with E-state index in [9.17, 15) is 9.35 Å². The van der Waals surface area contributed by atoms with Crippen molar-refractivity contribution in [2.45, 2.75) is 33.2 Å². The van der Waals surface area contributed by atoms with Gasteiger partial charge in [0.15, 0.2) is 5.78 Å². The van der Waals surface area contributed by atoms with Crippen LogP contribution in [0.4, 0.5) is 0 Å². The van der Waals surface area contributed by atoms with Gasteiger partial charge in [0.2, 0.25) is 0 Å². The number of rotatable bonds is 7. The largest absolute Gasteiger partial charge is 0.616 e. The van der Waals surface area contributed by atoms with E-state index >= 15 is 0 Å². The molecule has 4 heteroatoms. The predicted octanol–water partition coefficient (Wildman–Crippen LogP) is 4.90. The molecule has 0 saturated carbocycles. The van der Waals surface area contributed by atoms with E-state index < -0.39 is 11.2 Å². The Morgan fingerprint density at radius 2 is 1.77 bits per heavy atom. The summed E-state index contributed by atoms with van der Waals surface area (Å²) in [7, 11) is 0. The molecule has 0 bridgehead atoms. The monoisotopic (exact) mass is 367 g/mol. The van der Waals surface area contributed by atoms with Gasteiger partial charge in [0, 0.05) is 34.6 Å². The molecular formula is C22H25NO2S. The summed E-state index contributed by atoms with van der Waals surface area (Å²) >= 11 is -0.774. The van der Waals surface area contributed by atoms with Gasteiger partial charge in [-0.15, -0.1) is 0 Å². The summed E-state index contributed by atoms with van der Waals surface area (Å²) in [6.45, 7) is 6.11. The number of fused-ring (bicyclic) bond motifs is 1. The molecule has 1 heterocycles. The van der Waals surface area contributed by atoms with E-state index in [0.717, 1.165) is 28.6 Å². The normalized spacial score (nSPS) is 13.7. The molecule has 3 nitrogen and oxygen atoms in total. The summed E-state index contributed by atoms with van der Waals surface area (Å²) < 4.78 is 14.1. The zero-order valence-corrected chi connectivity index (χ0v) is 16.4. The van der Waals surface area contributed by atoms with Gasteiger partial charge >= 0.3 is 0 Å². The third-order valence-electron chi connectivity index (χ3n) is 4.95. The molecule has 0 aliphatic heterocycles. The van der Waals surface area contributed by atoms with Crippen molar-refractivity contribution in [3.05, 3.63) is 71.4 Å². The van der Waals surface area contributed by atoms with E-state index in [1.165, 1.54) is 0 Å². The van der Waals surface area contributed by atoms with Crippen LogP contribution in [-0.4, -0.2) is 26.4 Å². The maximum Gasteiger partial charge on any atom is 0.195 e. The molecule has 3 rings (SSSR count). The molecule has 0 saturated heterocycles. The van der Waals surface area contributed by atoms with Gasteiger partial charge in [-0.3, -0.25) is 4.79 Å². The first-order valence-electron chi connectivity index (χ1n) is 9.08. The van der Waals surface area contributed by atoms with Crippen molar-refractivity contribution in [3.63, 3.8) is 0 Å². The number of hydrogen-bond acceptors (Lipinski definition) is 2. The first-order valence-corrected chi connectivity index (χ1v) is 10.6. The van der Waals surface area contributed by atoms with Crippen molar-refractivity contribution in [2.75, 3.05) is 11.5 Å². The van der Waals surface area contributed by atoms with E-state index in [1.54, 1.807) is 0 Å². The SMILES string of the molecule is CC[S+]([O-])CCC(C)n1c(C)c(C(=O)c2ccccc2)c2ccccc21. The highest BCUT2D eigenvalue weighted by Gasteiger charge is 2.23. The van der Waals surface area contributed by atoms with Gasteiger partial charge < -0.3 is 9.12 Å². The molecule has 136 valence electrons. The van der Waals surface area contributed by atoms with Gasteiger partial charge in [-0.2, -0.15) is 0 Å². The first-order chi connectivity index (χ1) is 12.5. The van der Waals surface area contributed by atoms with Gasteiger partial charge in [0.05, 0.1) is 5.56 Å². The zero-order valence-electron chi connectivity index (χ0n) is 15.6. The molecular weight excluding hydrogens is 342 g/mol. The minimum Gasteiger partial charge on any atom is -0.616 e. The molecule has 0 aliphatic rings. The number of benzene rings is 2. The average Bonchev–Trinajstić information content (AvgIpc) is 2.97. The molecule has 2 unspecified atom stereocenters. The summed E-state index contributed by atoms with van der Waals surface area (Å²) in [6.07, 6.45) is 0.832. The standard InChI is InChI=1S/C22H25NO2S/c1-4-26(25)15-14-16(2)23-17(3)21(19-12-8-9-13-20(19)23)22(24)18-10-6-5-7-11-18/h5-13,16H,4,14-15H2,1-3H3. The fraction of sp³-hybridized carbons (Fsp3) is 0.318. The van der Waals surface area contributed by atoms with Crippen LogP contribution in [0.3, 0.4) is 0 Å². The number of aromatic nitrogens is 1. The number of ketones is 1. The quantitative estimate of drug-likeness (QED) is 0.440. The Hall–Kier alpha value is -2.04. The Balaban J connectivity index is 2.06. The molecule has 3 aromatic rings. The summed E-state index contributed by atoms with van der Waals surface area (Å²) in [5.41, 5.74) is 3.53. The lowest BCUT2D eigenvalue weighted by Gasteiger charge is -2.18. The van der Waals surface area contributed by atoms with Crippen LogP contribution >= 0.6 is 0 Å². The fourth-order valence-electron chi connectivity index (χ4n) is 3.56. The highest BCUT2D eigenvalue weighted by Crippen LogP contribution is 2.32. The number of carbonyl (C=O) groups is 1. The van der Waals surface area contributed by atoms with Crippen LogP contribution in [0, 0.1) is 6.92 Å². The van der Waals surface area contributed by atoms with E-state index in [1.807, 2.05) is 62.4 Å². The lowest BCUT2D eigenvalue weighted by molar-refractivity contribution is 0.103. The Morgan fingerprint density at radius 1 is 1.12 bits per heavy atom. The fourth-order valence-corrected chi connectivity index (χ4v) is 4.45. The first kappa shape index (κ1) is 18.7. The molecule has 2 atom stereocenters. The minimum atomic E-state index is -0.774. The van der Waals surface area contributed by atoms with E-state index in [0.29, 0.717) is 17.1 Å². The van der Waals surface area contributed by atoms with Crippen molar-refractivity contribution in [3.8, 4) is 0 Å². The van der Waals surface area contributed by atoms with E-state index in [4.69, 9.17) is 0 Å². The molecule has 26 heavy (non-hydrogen) atoms. The number of hydrogen-bond donors (Lipinski definition) is 0. The van der Waals surface area contributed by atoms with Crippen molar-refractivity contribution < 1.29 is 9.35 Å². The summed E-state index contributed by atoms with van der Waals surface area (Å²) in [5.74, 6) is 1.43. The summed E-state index contributed by atoms with van der Waals surface area (Å²) in [6, 6.07) is 17.7. The van der Waals surface area contributed by atoms with Crippen LogP contribution in [0.5, 0.6) is 0 Å². The molecule has 1 aromatic heterocycles. The number of para-hydroxylation sites is 1. The second-order valence-corrected chi connectivity index (χ2v) is 8.48. The van der Waals surface area contributed by atoms with Crippen molar-refractivity contribution in [1.29, 1.82) is 0 Å². The molecule has 0 spiro atoms. The Kier molecular flexibility index (Phi) is 5.84. The highest BCUT2D eigenvalue weighted by molar-refractivity contribution is 7.91. The maximum absolute atomic E-state index is 13.2. The number of carbonyl (C=O) groups excluding carboxylic acids is 1. The average molecular weight is 368 g/mol. The van der Waals surface area contributed by atoms with Gasteiger partial charge in [-0.05, 0) is 26.8 Å². The van der Waals surface area contributed by atoms with Crippen LogP contribution in [-0.2, 0) is 11.2 Å². The Morgan fingerprint density at radius 3 is 2.46 bits per heavy atom. The van der Waals surface area contributed by atoms with Crippen molar-refractivity contribution in [1.82, 2.24) is 4.57 Å². The molecule has 2 aromatic carbocycles. The molecule has 0 amide bonds. The van der Waals surface area contributed by atoms with Gasteiger partial charge in [-0.1, -0.05) is 59.7 Å². The van der Waals surface area contributed by atoms with Crippen molar-refractivity contribution in [2.24, 2.45) is 0 Å². The third-order valence-corrected chi connectivity index (χ3v) is 6.28. The van der Waals surface area contributed by atoms with E-state index in [2.05, 4.69) is 17.6 Å². The van der Waals surface area contributed by atoms with Crippen LogP contribution in [0.2, 0.25) is 0 Å². The van der Waals surface area contributed by atoms with Crippen LogP contribution in [0.15, 0.2) is 54.6 Å². The van der Waals surface area contributed by atoms with Gasteiger partial charge in [0.25, 0.3) is 0 Å². The lowest BCUT2D eigenvalue weighted by atomic mass is 10.0. The lowest BCUT2D eigenvalue weighted by Crippen LogP contribution is -2.15. The minimum absolute atomic E-state index is 0.0578. The Bertz CT molecular complexity index is 901. The molecule has 0 fully saturated rings. The van der Waals surface area contributed by atoms with Crippen LogP contribution in [0.25, 0.3) is 10.9 Å². The summed E-state index contributed by atoms with van der Waals surface area (Å²) in [4.78, 5) is 13.2. The highest BCUT2D eigenvalue weighted by atomic mass is 32.2. The van der Waals surface area contributed by atoms with E-state index in [-0.39, 0.29) is 11.8 Å². The smallest absolute Gasteiger partial charge is 0.195 e. The number of nitrogens with zero attached hydrogens (tertiary/aromatic N) is 1. The maximum atomic E-state index is 13.2. The molecule has 0 N–H and O–H groups in total. The summed E-state index contributed by atoms with van der Waals surface area (Å²) in [5, 5.41) is 0.988. The molecule has 0 radical (unpaired) electrons. The zero-order chi connectivity index (χ0) is 18.7. The van der Waals surface area contributed by atoms with Crippen molar-refractivity contribution >= 4 is 27.9 Å². The second kappa shape index (κ2) is 8.11. The van der Waals surface area contributed by atoms with Crippen LogP contribution < -0.4 is 0 Å². The molecule has 0 aliphatic carbocycles.